The van der Waals surface area contributed by atoms with Crippen molar-refractivity contribution in [3.05, 3.63) is 58.4 Å². The molecule has 3 aromatic rings. The van der Waals surface area contributed by atoms with Gasteiger partial charge in [-0.05, 0) is 42.5 Å². The first-order chi connectivity index (χ1) is 17.6. The second-order valence-electron chi connectivity index (χ2n) is 8.37. The van der Waals surface area contributed by atoms with Crippen molar-refractivity contribution in [2.24, 2.45) is 5.73 Å². The van der Waals surface area contributed by atoms with Gasteiger partial charge in [0.1, 0.15) is 11.0 Å². The molecule has 1 saturated heterocycles. The number of carbonyl (C=O) groups excluding carboxylic acids is 3. The monoisotopic (exact) mass is 563 g/mol. The van der Waals surface area contributed by atoms with Gasteiger partial charge in [-0.1, -0.05) is 18.2 Å². The Labute approximate surface area is 221 Å². The van der Waals surface area contributed by atoms with Crippen molar-refractivity contribution in [2.45, 2.75) is 25.3 Å². The Morgan fingerprint density at radius 2 is 1.89 bits per heavy atom. The number of piperazine rings is 1. The molecule has 37 heavy (non-hydrogen) atoms. The van der Waals surface area contributed by atoms with Crippen molar-refractivity contribution in [1.82, 2.24) is 14.8 Å². The summed E-state index contributed by atoms with van der Waals surface area (Å²) in [6.45, 7) is 2.59. The molecule has 0 radical (unpaired) electrons. The van der Waals surface area contributed by atoms with Crippen LogP contribution in [0.1, 0.15) is 24.1 Å². The molecule has 3 amide bonds. The van der Waals surface area contributed by atoms with Crippen molar-refractivity contribution in [3.8, 4) is 9.88 Å². The van der Waals surface area contributed by atoms with Crippen LogP contribution in [0.4, 0.5) is 5.69 Å². The quantitative estimate of drug-likeness (QED) is 0.251. The van der Waals surface area contributed by atoms with Crippen LogP contribution in [0.3, 0.4) is 0 Å². The number of rotatable bonds is 10. The molecule has 0 bridgehead atoms. The highest BCUT2D eigenvalue weighted by Gasteiger charge is 2.42. The zero-order chi connectivity index (χ0) is 26.7. The lowest BCUT2D eigenvalue weighted by Crippen LogP contribution is -2.61. The normalized spacial score (nSPS) is 16.1. The predicted octanol–water partition coefficient (Wildman–Crippen LogP) is 1.96. The Morgan fingerprint density at radius 1 is 1.16 bits per heavy atom. The average molecular weight is 564 g/mol. The van der Waals surface area contributed by atoms with Crippen LogP contribution in [0.15, 0.2) is 47.2 Å². The number of benzene rings is 1. The number of hydrogen-bond acceptors (Lipinski definition) is 8. The summed E-state index contributed by atoms with van der Waals surface area (Å²) in [5, 5.41) is 4.50. The maximum atomic E-state index is 13.0. The molecule has 196 valence electrons. The van der Waals surface area contributed by atoms with Gasteiger partial charge in [0.05, 0.1) is 16.3 Å². The van der Waals surface area contributed by atoms with Crippen molar-refractivity contribution >= 4 is 56.4 Å². The molecule has 1 aromatic carbocycles. The number of amides is 3. The second-order valence-corrected chi connectivity index (χ2v) is 11.3. The molecule has 14 heteroatoms. The van der Waals surface area contributed by atoms with Gasteiger partial charge in [-0.25, -0.2) is 4.98 Å². The number of anilines is 1. The van der Waals surface area contributed by atoms with Gasteiger partial charge in [0, 0.05) is 30.9 Å². The summed E-state index contributed by atoms with van der Waals surface area (Å²) in [5.74, 6) is -2.90. The molecule has 4 N–H and O–H groups in total. The first-order valence-electron chi connectivity index (χ1n) is 11.3. The molecule has 2 atom stereocenters. The van der Waals surface area contributed by atoms with Crippen LogP contribution < -0.4 is 10.5 Å². The molecule has 0 spiro atoms. The number of hydrogen-bond donors (Lipinski definition) is 3. The first kappa shape index (κ1) is 26.7. The number of nitrogens with zero attached hydrogens (tertiary/aromatic N) is 3. The van der Waals surface area contributed by atoms with Gasteiger partial charge in [-0.3, -0.25) is 23.7 Å². The highest BCUT2D eigenvalue weighted by molar-refractivity contribution is 7.87. The largest absolute Gasteiger partial charge is 0.368 e. The number of primary amides is 1. The summed E-state index contributed by atoms with van der Waals surface area (Å²) in [6, 6.07) is 8.90. The fraction of sp³-hybridized carbons (Fsp3) is 0.304. The Morgan fingerprint density at radius 3 is 2.49 bits per heavy atom. The van der Waals surface area contributed by atoms with Crippen LogP contribution in [-0.4, -0.2) is 71.2 Å². The summed E-state index contributed by atoms with van der Waals surface area (Å²) < 4.78 is 33.2. The van der Waals surface area contributed by atoms with E-state index in [0.29, 0.717) is 17.8 Å². The third-order valence-corrected chi connectivity index (χ3v) is 8.42. The lowest BCUT2D eigenvalue weighted by atomic mass is 9.87. The minimum Gasteiger partial charge on any atom is -0.368 e. The van der Waals surface area contributed by atoms with E-state index in [-0.39, 0.29) is 25.2 Å². The van der Waals surface area contributed by atoms with Crippen LogP contribution in [0.2, 0.25) is 0 Å². The maximum absolute atomic E-state index is 13.0. The van der Waals surface area contributed by atoms with Gasteiger partial charge < -0.3 is 15.5 Å². The fourth-order valence-corrected chi connectivity index (χ4v) is 6.42. The Hall–Kier alpha value is -3.33. The zero-order valence-electron chi connectivity index (χ0n) is 19.7. The summed E-state index contributed by atoms with van der Waals surface area (Å²) in [6.07, 6.45) is 0.225. The number of aromatic nitrogens is 1. The third-order valence-electron chi connectivity index (χ3n) is 6.02. The van der Waals surface area contributed by atoms with Gasteiger partial charge >= 0.3 is 22.1 Å². The van der Waals surface area contributed by atoms with Crippen molar-refractivity contribution in [1.29, 1.82) is 0 Å². The molecule has 0 aliphatic carbocycles. The number of nitrogens with two attached hydrogens (primary N) is 1. The van der Waals surface area contributed by atoms with E-state index in [9.17, 15) is 22.8 Å². The van der Waals surface area contributed by atoms with E-state index < -0.39 is 40.0 Å². The van der Waals surface area contributed by atoms with Crippen LogP contribution >= 0.6 is 22.7 Å². The maximum Gasteiger partial charge on any atom is 0.357 e. The Kier molecular flexibility index (Phi) is 7.92. The van der Waals surface area contributed by atoms with E-state index in [2.05, 4.69) is 0 Å². The van der Waals surface area contributed by atoms with E-state index in [1.807, 2.05) is 27.6 Å². The van der Waals surface area contributed by atoms with Crippen molar-refractivity contribution in [2.75, 3.05) is 24.4 Å². The molecule has 4 rings (SSSR count). The Bertz CT molecular complexity index is 1390. The SMILES string of the molecule is CCN1CCN(C(C(N)=O)C(Cc2ccc(NS(=O)(=O)O)cc2)c2csc(-c3cccs3)n2)C(=O)C1=O. The lowest BCUT2D eigenvalue weighted by Gasteiger charge is -2.39. The average Bonchev–Trinajstić information content (AvgIpc) is 3.54. The van der Waals surface area contributed by atoms with E-state index >= 15 is 0 Å². The molecule has 2 unspecified atom stereocenters. The van der Waals surface area contributed by atoms with E-state index in [0.717, 1.165) is 9.88 Å². The van der Waals surface area contributed by atoms with Gasteiger partial charge in [-0.2, -0.15) is 8.42 Å². The van der Waals surface area contributed by atoms with E-state index in [4.69, 9.17) is 15.3 Å². The molecular formula is C23H25N5O6S3. The molecule has 2 aromatic heterocycles. The van der Waals surface area contributed by atoms with Crippen LogP contribution in [-0.2, 0) is 31.1 Å². The number of nitrogens with one attached hydrogen (secondary N) is 1. The molecule has 0 saturated carbocycles. The van der Waals surface area contributed by atoms with Crippen LogP contribution in [0, 0.1) is 0 Å². The van der Waals surface area contributed by atoms with Gasteiger partial charge in [0.25, 0.3) is 0 Å². The predicted molar refractivity (Wildman–Crippen MR) is 140 cm³/mol. The fourth-order valence-electron chi connectivity index (χ4n) is 4.29. The zero-order valence-corrected chi connectivity index (χ0v) is 22.2. The van der Waals surface area contributed by atoms with E-state index in [1.165, 1.54) is 44.6 Å². The number of carbonyl (C=O) groups is 3. The van der Waals surface area contributed by atoms with E-state index in [1.54, 1.807) is 19.1 Å². The summed E-state index contributed by atoms with van der Waals surface area (Å²) in [7, 11) is -4.43. The molecule has 1 aliphatic rings. The van der Waals surface area contributed by atoms with Gasteiger partial charge in [-0.15, -0.1) is 22.7 Å². The number of thiazole rings is 1. The molecule has 1 aliphatic heterocycles. The highest BCUT2D eigenvalue weighted by Crippen LogP contribution is 2.34. The summed E-state index contributed by atoms with van der Waals surface area (Å²) in [5.41, 5.74) is 7.25. The molecule has 1 fully saturated rings. The van der Waals surface area contributed by atoms with Gasteiger partial charge in [0.15, 0.2) is 0 Å². The molecule has 3 heterocycles. The van der Waals surface area contributed by atoms with Crippen molar-refractivity contribution in [3.63, 3.8) is 0 Å². The topological polar surface area (TPSA) is 163 Å². The number of likely N-dealkylation sites (N-methyl/N-ethyl adjacent to an activating group) is 1. The highest BCUT2D eigenvalue weighted by atomic mass is 32.2. The first-order valence-corrected chi connectivity index (χ1v) is 14.5. The van der Waals surface area contributed by atoms with Crippen LogP contribution in [0.5, 0.6) is 0 Å². The van der Waals surface area contributed by atoms with Gasteiger partial charge in [0.2, 0.25) is 5.91 Å². The standard InChI is InChI=1S/C23H25N5O6S3/c1-2-27-9-10-28(23(31)22(27)30)19(20(24)29)16(17-13-36-21(25-17)18-4-3-11-35-18)12-14-5-7-15(8-6-14)26-37(32,33)34/h3-8,11,13,16,19,26H,2,9-10,12H2,1H3,(H2,24,29)(H,32,33,34). The summed E-state index contributed by atoms with van der Waals surface area (Å²) in [4.78, 5) is 46.8. The third kappa shape index (κ3) is 6.15. The van der Waals surface area contributed by atoms with Crippen LogP contribution in [0.25, 0.3) is 9.88 Å². The lowest BCUT2D eigenvalue weighted by molar-refractivity contribution is -0.159. The van der Waals surface area contributed by atoms with Crippen molar-refractivity contribution < 1.29 is 27.4 Å². The smallest absolute Gasteiger partial charge is 0.357 e. The minimum atomic E-state index is -4.43. The second kappa shape index (κ2) is 11.0. The Balaban J connectivity index is 1.70. The molecule has 11 nitrogen and oxygen atoms in total. The molecular weight excluding hydrogens is 538 g/mol. The summed E-state index contributed by atoms with van der Waals surface area (Å²) >= 11 is 2.92. The minimum absolute atomic E-state index is 0.152. The number of thiophene rings is 1.